The van der Waals surface area contributed by atoms with Crippen LogP contribution in [-0.2, 0) is 11.8 Å². The molecule has 1 aliphatic carbocycles. The molecular formula is C18H25NO. The Kier molecular flexibility index (Phi) is 3.37. The molecule has 2 aliphatic rings. The third kappa shape index (κ3) is 1.98. The summed E-state index contributed by atoms with van der Waals surface area (Å²) < 4.78 is 0. The summed E-state index contributed by atoms with van der Waals surface area (Å²) in [4.78, 5) is 2.63. The van der Waals surface area contributed by atoms with Crippen LogP contribution < -0.4 is 0 Å². The summed E-state index contributed by atoms with van der Waals surface area (Å²) in [5.74, 6) is 1.04. The van der Waals surface area contributed by atoms with Gasteiger partial charge in [0.15, 0.2) is 0 Å². The lowest BCUT2D eigenvalue weighted by Crippen LogP contribution is -2.57. The van der Waals surface area contributed by atoms with Gasteiger partial charge in [0.1, 0.15) is 5.75 Å². The van der Waals surface area contributed by atoms with Crippen LogP contribution in [0.1, 0.15) is 38.3 Å². The lowest BCUT2D eigenvalue weighted by molar-refractivity contribution is 0.0397. The van der Waals surface area contributed by atoms with E-state index in [-0.39, 0.29) is 5.41 Å². The van der Waals surface area contributed by atoms with Crippen molar-refractivity contribution >= 4 is 0 Å². The van der Waals surface area contributed by atoms with Crippen LogP contribution in [0.3, 0.4) is 0 Å². The van der Waals surface area contributed by atoms with Crippen molar-refractivity contribution in [2.75, 3.05) is 13.1 Å². The number of likely N-dealkylation sites (tertiary alicyclic amines) is 1. The maximum absolute atomic E-state index is 9.83. The molecule has 0 spiro atoms. The number of piperidine rings is 1. The smallest absolute Gasteiger partial charge is 0.115 e. The fourth-order valence-corrected chi connectivity index (χ4v) is 4.16. The number of benzene rings is 1. The van der Waals surface area contributed by atoms with Crippen molar-refractivity contribution in [3.63, 3.8) is 0 Å². The molecule has 1 saturated heterocycles. The number of rotatable bonds is 2. The molecule has 20 heavy (non-hydrogen) atoms. The first kappa shape index (κ1) is 13.7. The summed E-state index contributed by atoms with van der Waals surface area (Å²) in [7, 11) is 0. The topological polar surface area (TPSA) is 23.5 Å². The van der Waals surface area contributed by atoms with E-state index in [2.05, 4.69) is 43.9 Å². The minimum atomic E-state index is 0.212. The number of phenolic OH excluding ortho intramolecular Hbond substituents is 1. The molecule has 0 amide bonds. The van der Waals surface area contributed by atoms with E-state index >= 15 is 0 Å². The standard InChI is InChI=1S/C18H25NO/c1-4-5-9-19-10-8-18(3)13(2)17(19)11-14-6-7-15(20)12-16(14)18/h4-7,12-13,17,20H,8-11H2,1-3H3/b5-4-/t13-,17+,18-/m0/s1. The molecule has 0 saturated carbocycles. The van der Waals surface area contributed by atoms with Gasteiger partial charge in [0.2, 0.25) is 0 Å². The van der Waals surface area contributed by atoms with Gasteiger partial charge in [-0.05, 0) is 60.9 Å². The van der Waals surface area contributed by atoms with Crippen molar-refractivity contribution in [3.05, 3.63) is 41.5 Å². The van der Waals surface area contributed by atoms with Crippen LogP contribution in [0.25, 0.3) is 0 Å². The Morgan fingerprint density at radius 3 is 3.00 bits per heavy atom. The van der Waals surface area contributed by atoms with E-state index in [1.165, 1.54) is 17.5 Å². The minimum Gasteiger partial charge on any atom is -0.508 e. The molecule has 3 rings (SSSR count). The summed E-state index contributed by atoms with van der Waals surface area (Å²) >= 11 is 0. The van der Waals surface area contributed by atoms with E-state index in [1.54, 1.807) is 0 Å². The largest absolute Gasteiger partial charge is 0.508 e. The molecule has 1 aromatic carbocycles. The predicted octanol–water partition coefficient (Wildman–Crippen LogP) is 3.49. The van der Waals surface area contributed by atoms with Gasteiger partial charge in [0.05, 0.1) is 0 Å². The van der Waals surface area contributed by atoms with E-state index in [9.17, 15) is 5.11 Å². The van der Waals surface area contributed by atoms with E-state index in [1.807, 2.05) is 12.1 Å². The quantitative estimate of drug-likeness (QED) is 0.832. The third-order valence-electron chi connectivity index (χ3n) is 5.68. The second kappa shape index (κ2) is 4.92. The average molecular weight is 271 g/mol. The highest BCUT2D eigenvalue weighted by Gasteiger charge is 2.48. The van der Waals surface area contributed by atoms with Crippen molar-refractivity contribution in [2.24, 2.45) is 5.92 Å². The van der Waals surface area contributed by atoms with Gasteiger partial charge in [0.25, 0.3) is 0 Å². The van der Waals surface area contributed by atoms with Crippen LogP contribution in [0.15, 0.2) is 30.4 Å². The minimum absolute atomic E-state index is 0.212. The van der Waals surface area contributed by atoms with Crippen LogP contribution in [0, 0.1) is 5.92 Å². The Morgan fingerprint density at radius 2 is 2.25 bits per heavy atom. The maximum atomic E-state index is 9.83. The van der Waals surface area contributed by atoms with Gasteiger partial charge in [-0.3, -0.25) is 4.90 Å². The van der Waals surface area contributed by atoms with E-state index in [0.717, 1.165) is 19.5 Å². The highest BCUT2D eigenvalue weighted by molar-refractivity contribution is 5.44. The molecule has 1 aromatic rings. The van der Waals surface area contributed by atoms with Crippen molar-refractivity contribution < 1.29 is 5.11 Å². The van der Waals surface area contributed by atoms with Crippen molar-refractivity contribution in [2.45, 2.75) is 45.1 Å². The third-order valence-corrected chi connectivity index (χ3v) is 5.68. The SMILES string of the molecule is C/C=C\CN1CC[C@]2(C)c3cc(O)ccc3C[C@@H]1[C@@H]2C. The van der Waals surface area contributed by atoms with E-state index < -0.39 is 0 Å². The normalized spacial score (nSPS) is 33.4. The Hall–Kier alpha value is -1.28. The molecule has 1 fully saturated rings. The van der Waals surface area contributed by atoms with Crippen LogP contribution in [-0.4, -0.2) is 29.1 Å². The first-order valence-corrected chi connectivity index (χ1v) is 7.74. The predicted molar refractivity (Wildman–Crippen MR) is 83.1 cm³/mol. The zero-order chi connectivity index (χ0) is 14.3. The van der Waals surface area contributed by atoms with Gasteiger partial charge in [-0.15, -0.1) is 0 Å². The van der Waals surface area contributed by atoms with Crippen molar-refractivity contribution in [3.8, 4) is 5.75 Å². The van der Waals surface area contributed by atoms with Gasteiger partial charge < -0.3 is 5.11 Å². The molecule has 0 radical (unpaired) electrons. The zero-order valence-electron chi connectivity index (χ0n) is 12.8. The van der Waals surface area contributed by atoms with Gasteiger partial charge >= 0.3 is 0 Å². The first-order valence-electron chi connectivity index (χ1n) is 7.74. The molecule has 2 nitrogen and oxygen atoms in total. The Labute approximate surface area is 122 Å². The van der Waals surface area contributed by atoms with Crippen LogP contribution >= 0.6 is 0 Å². The van der Waals surface area contributed by atoms with Crippen LogP contribution in [0.5, 0.6) is 5.75 Å². The number of phenols is 1. The molecular weight excluding hydrogens is 246 g/mol. The van der Waals surface area contributed by atoms with E-state index in [0.29, 0.717) is 17.7 Å². The molecule has 2 bridgehead atoms. The second-order valence-electron chi connectivity index (χ2n) is 6.63. The van der Waals surface area contributed by atoms with E-state index in [4.69, 9.17) is 0 Å². The summed E-state index contributed by atoms with van der Waals surface area (Å²) in [6, 6.07) is 6.59. The number of nitrogens with zero attached hydrogens (tertiary/aromatic N) is 1. The monoisotopic (exact) mass is 271 g/mol. The lowest BCUT2D eigenvalue weighted by Gasteiger charge is -2.54. The van der Waals surface area contributed by atoms with Gasteiger partial charge in [-0.25, -0.2) is 0 Å². The number of aromatic hydroxyl groups is 1. The Morgan fingerprint density at radius 1 is 1.45 bits per heavy atom. The maximum Gasteiger partial charge on any atom is 0.115 e. The summed E-state index contributed by atoms with van der Waals surface area (Å²) in [6.07, 6.45) is 6.71. The highest BCUT2D eigenvalue weighted by Crippen LogP contribution is 2.49. The first-order chi connectivity index (χ1) is 9.56. The number of hydrogen-bond donors (Lipinski definition) is 1. The Balaban J connectivity index is 1.99. The second-order valence-corrected chi connectivity index (χ2v) is 6.63. The molecule has 1 aliphatic heterocycles. The molecule has 1 heterocycles. The highest BCUT2D eigenvalue weighted by atomic mass is 16.3. The lowest BCUT2D eigenvalue weighted by atomic mass is 9.59. The van der Waals surface area contributed by atoms with Gasteiger partial charge in [0, 0.05) is 12.6 Å². The average Bonchev–Trinajstić information content (AvgIpc) is 2.43. The molecule has 2 heteroatoms. The fraction of sp³-hybridized carbons (Fsp3) is 0.556. The fourth-order valence-electron chi connectivity index (χ4n) is 4.16. The molecule has 3 atom stereocenters. The van der Waals surface area contributed by atoms with Gasteiger partial charge in [-0.2, -0.15) is 0 Å². The van der Waals surface area contributed by atoms with Gasteiger partial charge in [-0.1, -0.05) is 32.1 Å². The molecule has 0 aromatic heterocycles. The number of fused-ring (bicyclic) bond motifs is 4. The number of allylic oxidation sites excluding steroid dienone is 1. The van der Waals surface area contributed by atoms with Crippen molar-refractivity contribution in [1.29, 1.82) is 0 Å². The number of hydrogen-bond acceptors (Lipinski definition) is 2. The zero-order valence-corrected chi connectivity index (χ0v) is 12.8. The molecule has 0 unspecified atom stereocenters. The molecule has 1 N–H and O–H groups in total. The van der Waals surface area contributed by atoms with Crippen LogP contribution in [0.4, 0.5) is 0 Å². The van der Waals surface area contributed by atoms with Crippen LogP contribution in [0.2, 0.25) is 0 Å². The van der Waals surface area contributed by atoms with Crippen molar-refractivity contribution in [1.82, 2.24) is 4.90 Å². The molecule has 108 valence electrons. The summed E-state index contributed by atoms with van der Waals surface area (Å²) in [5, 5.41) is 9.83. The Bertz CT molecular complexity index is 536. The summed E-state index contributed by atoms with van der Waals surface area (Å²) in [5.41, 5.74) is 3.02. The summed E-state index contributed by atoms with van der Waals surface area (Å²) in [6.45, 7) is 9.09.